The van der Waals surface area contributed by atoms with Gasteiger partial charge in [0.2, 0.25) is 0 Å². The van der Waals surface area contributed by atoms with Crippen LogP contribution >= 0.6 is 0 Å². The number of H-pyrrole nitrogens is 1. The van der Waals surface area contributed by atoms with Gasteiger partial charge in [-0.15, -0.1) is 10.2 Å². The Hall–Kier alpha value is -1.88. The number of likely N-dealkylation sites (N-methyl/N-ethyl adjacent to an activating group) is 1. The molecule has 0 aliphatic carbocycles. The van der Waals surface area contributed by atoms with Gasteiger partial charge in [0.1, 0.15) is 5.69 Å². The number of anilines is 1. The van der Waals surface area contributed by atoms with Crippen LogP contribution in [0.3, 0.4) is 0 Å². The summed E-state index contributed by atoms with van der Waals surface area (Å²) in [4.78, 5) is 5.09. The molecule has 0 saturated carbocycles. The molecule has 0 amide bonds. The van der Waals surface area contributed by atoms with E-state index < -0.39 is 0 Å². The zero-order valence-electron chi connectivity index (χ0n) is 10.1. The molecule has 2 aromatic heterocycles. The van der Waals surface area contributed by atoms with Crippen LogP contribution < -0.4 is 10.6 Å². The number of aromatic nitrogens is 3. The number of hydrogen-bond acceptors (Lipinski definition) is 4. The molecule has 1 unspecified atom stereocenters. The fraction of sp³-hybridized carbons (Fsp3) is 0.333. The Labute approximate surface area is 101 Å². The van der Waals surface area contributed by atoms with Crippen LogP contribution in [-0.4, -0.2) is 34.8 Å². The van der Waals surface area contributed by atoms with Crippen molar-refractivity contribution in [3.63, 3.8) is 0 Å². The van der Waals surface area contributed by atoms with Gasteiger partial charge in [0.15, 0.2) is 5.82 Å². The SMILES string of the molecule is CC(N)CN(C)c1ccc(-c2ccc[nH]2)nn1. The largest absolute Gasteiger partial charge is 0.360 e. The first-order valence-corrected chi connectivity index (χ1v) is 5.61. The highest BCUT2D eigenvalue weighted by atomic mass is 15.2. The van der Waals surface area contributed by atoms with Gasteiger partial charge < -0.3 is 15.6 Å². The van der Waals surface area contributed by atoms with Crippen molar-refractivity contribution in [3.05, 3.63) is 30.5 Å². The Morgan fingerprint density at radius 3 is 2.71 bits per heavy atom. The zero-order valence-corrected chi connectivity index (χ0v) is 10.1. The molecule has 17 heavy (non-hydrogen) atoms. The molecule has 5 heteroatoms. The van der Waals surface area contributed by atoms with Crippen LogP contribution in [0.5, 0.6) is 0 Å². The summed E-state index contributed by atoms with van der Waals surface area (Å²) in [5.74, 6) is 0.831. The van der Waals surface area contributed by atoms with Crippen LogP contribution in [0, 0.1) is 0 Å². The molecule has 0 bridgehead atoms. The van der Waals surface area contributed by atoms with Gasteiger partial charge in [0, 0.05) is 25.8 Å². The second kappa shape index (κ2) is 4.97. The van der Waals surface area contributed by atoms with Crippen molar-refractivity contribution in [1.29, 1.82) is 0 Å². The average Bonchev–Trinajstić information content (AvgIpc) is 2.82. The van der Waals surface area contributed by atoms with Crippen molar-refractivity contribution in [3.8, 4) is 11.4 Å². The molecular weight excluding hydrogens is 214 g/mol. The second-order valence-electron chi connectivity index (χ2n) is 4.22. The number of hydrogen-bond donors (Lipinski definition) is 2. The standard InChI is InChI=1S/C12H17N5/c1-9(13)8-17(2)12-6-5-11(15-16-12)10-4-3-7-14-10/h3-7,9,14H,8,13H2,1-2H3. The zero-order chi connectivity index (χ0) is 12.3. The summed E-state index contributed by atoms with van der Waals surface area (Å²) in [6.45, 7) is 2.73. The molecule has 2 rings (SSSR count). The van der Waals surface area contributed by atoms with Crippen LogP contribution in [0.15, 0.2) is 30.5 Å². The van der Waals surface area contributed by atoms with E-state index in [4.69, 9.17) is 5.73 Å². The van der Waals surface area contributed by atoms with Gasteiger partial charge in [-0.05, 0) is 31.2 Å². The molecular formula is C12H17N5. The Balaban J connectivity index is 2.13. The number of nitrogens with zero attached hydrogens (tertiary/aromatic N) is 3. The van der Waals surface area contributed by atoms with Gasteiger partial charge in [-0.1, -0.05) is 0 Å². The molecule has 2 aromatic rings. The Morgan fingerprint density at radius 2 is 2.18 bits per heavy atom. The first-order chi connectivity index (χ1) is 8.16. The summed E-state index contributed by atoms with van der Waals surface area (Å²) in [6, 6.07) is 7.92. The summed E-state index contributed by atoms with van der Waals surface area (Å²) in [5.41, 5.74) is 7.55. The molecule has 0 fully saturated rings. The van der Waals surface area contributed by atoms with Crippen molar-refractivity contribution < 1.29 is 0 Å². The minimum atomic E-state index is 0.116. The predicted octanol–water partition coefficient (Wildman–Crippen LogP) is 1.26. The third kappa shape index (κ3) is 2.82. The Morgan fingerprint density at radius 1 is 1.35 bits per heavy atom. The maximum absolute atomic E-state index is 5.74. The lowest BCUT2D eigenvalue weighted by Gasteiger charge is -2.19. The average molecular weight is 231 g/mol. The minimum absolute atomic E-state index is 0.116. The molecule has 5 nitrogen and oxygen atoms in total. The molecule has 0 saturated heterocycles. The monoisotopic (exact) mass is 231 g/mol. The number of aromatic amines is 1. The Bertz CT molecular complexity index is 446. The van der Waals surface area contributed by atoms with Crippen LogP contribution in [0.25, 0.3) is 11.4 Å². The van der Waals surface area contributed by atoms with E-state index in [1.807, 2.05) is 49.3 Å². The van der Waals surface area contributed by atoms with Gasteiger partial charge in [0.05, 0.1) is 5.69 Å². The molecule has 3 N–H and O–H groups in total. The highest BCUT2D eigenvalue weighted by Crippen LogP contribution is 2.15. The first-order valence-electron chi connectivity index (χ1n) is 5.61. The molecule has 0 spiro atoms. The van der Waals surface area contributed by atoms with E-state index in [1.54, 1.807) is 0 Å². The van der Waals surface area contributed by atoms with Crippen LogP contribution in [0.2, 0.25) is 0 Å². The molecule has 0 aliphatic rings. The highest BCUT2D eigenvalue weighted by molar-refractivity contribution is 5.55. The van der Waals surface area contributed by atoms with E-state index in [9.17, 15) is 0 Å². The summed E-state index contributed by atoms with van der Waals surface area (Å²) >= 11 is 0. The lowest BCUT2D eigenvalue weighted by Crippen LogP contribution is -2.33. The first kappa shape index (κ1) is 11.6. The summed E-state index contributed by atoms with van der Waals surface area (Å²) in [6.07, 6.45) is 1.87. The van der Waals surface area contributed by atoms with Gasteiger partial charge in [-0.2, -0.15) is 0 Å². The number of rotatable bonds is 4. The molecule has 2 heterocycles. The maximum Gasteiger partial charge on any atom is 0.151 e. The van der Waals surface area contributed by atoms with Gasteiger partial charge in [0.25, 0.3) is 0 Å². The Kier molecular flexibility index (Phi) is 3.39. The van der Waals surface area contributed by atoms with Gasteiger partial charge in [-0.3, -0.25) is 0 Å². The minimum Gasteiger partial charge on any atom is -0.360 e. The van der Waals surface area contributed by atoms with Crippen LogP contribution in [-0.2, 0) is 0 Å². The third-order valence-corrected chi connectivity index (χ3v) is 2.48. The molecule has 1 atom stereocenters. The summed E-state index contributed by atoms with van der Waals surface area (Å²) in [7, 11) is 1.96. The van der Waals surface area contributed by atoms with Crippen molar-refractivity contribution in [2.75, 3.05) is 18.5 Å². The smallest absolute Gasteiger partial charge is 0.151 e. The molecule has 0 aromatic carbocycles. The fourth-order valence-corrected chi connectivity index (χ4v) is 1.69. The van der Waals surface area contributed by atoms with Crippen LogP contribution in [0.1, 0.15) is 6.92 Å². The predicted molar refractivity (Wildman–Crippen MR) is 68.7 cm³/mol. The lowest BCUT2D eigenvalue weighted by atomic mass is 10.3. The van der Waals surface area contributed by atoms with E-state index in [-0.39, 0.29) is 6.04 Å². The third-order valence-electron chi connectivity index (χ3n) is 2.48. The molecule has 0 aliphatic heterocycles. The van der Waals surface area contributed by atoms with Crippen LogP contribution in [0.4, 0.5) is 5.82 Å². The van der Waals surface area contributed by atoms with E-state index in [2.05, 4.69) is 15.2 Å². The van der Waals surface area contributed by atoms with Gasteiger partial charge in [-0.25, -0.2) is 0 Å². The van der Waals surface area contributed by atoms with Crippen molar-refractivity contribution in [2.45, 2.75) is 13.0 Å². The number of nitrogens with one attached hydrogen (secondary N) is 1. The van der Waals surface area contributed by atoms with Crippen molar-refractivity contribution >= 4 is 5.82 Å². The number of nitrogens with two attached hydrogens (primary N) is 1. The van der Waals surface area contributed by atoms with Crippen molar-refractivity contribution in [1.82, 2.24) is 15.2 Å². The quantitative estimate of drug-likeness (QED) is 0.831. The normalized spacial score (nSPS) is 12.4. The second-order valence-corrected chi connectivity index (χ2v) is 4.22. The van der Waals surface area contributed by atoms with E-state index in [1.165, 1.54) is 0 Å². The van der Waals surface area contributed by atoms with E-state index in [0.717, 1.165) is 23.8 Å². The summed E-state index contributed by atoms with van der Waals surface area (Å²) < 4.78 is 0. The summed E-state index contributed by atoms with van der Waals surface area (Å²) in [5, 5.41) is 8.37. The topological polar surface area (TPSA) is 70.8 Å². The molecule has 90 valence electrons. The van der Waals surface area contributed by atoms with Crippen molar-refractivity contribution in [2.24, 2.45) is 5.73 Å². The lowest BCUT2D eigenvalue weighted by molar-refractivity contribution is 0.708. The molecule has 0 radical (unpaired) electrons. The van der Waals surface area contributed by atoms with E-state index >= 15 is 0 Å². The van der Waals surface area contributed by atoms with Gasteiger partial charge >= 0.3 is 0 Å². The fourth-order valence-electron chi connectivity index (χ4n) is 1.69. The maximum atomic E-state index is 5.74. The highest BCUT2D eigenvalue weighted by Gasteiger charge is 2.06. The van der Waals surface area contributed by atoms with E-state index in [0.29, 0.717) is 0 Å².